The highest BCUT2D eigenvalue weighted by Crippen LogP contribution is 2.24. The molecule has 1 aromatic carbocycles. The Morgan fingerprint density at radius 2 is 2.15 bits per heavy atom. The zero-order chi connectivity index (χ0) is 14.5. The predicted octanol–water partition coefficient (Wildman–Crippen LogP) is 2.74. The molecule has 0 unspecified atom stereocenters. The number of carbonyl (C=O) groups excluding carboxylic acids is 1. The SMILES string of the molecule is COc1ccc(Br)c(CC(=O)c2ccnc(CN)c2)c1. The number of ketones is 1. The van der Waals surface area contributed by atoms with Gasteiger partial charge in [0.25, 0.3) is 0 Å². The van der Waals surface area contributed by atoms with Crippen LogP contribution in [0.25, 0.3) is 0 Å². The van der Waals surface area contributed by atoms with Crippen LogP contribution in [0.4, 0.5) is 0 Å². The molecule has 5 heteroatoms. The van der Waals surface area contributed by atoms with Crippen LogP contribution in [0.15, 0.2) is 41.0 Å². The van der Waals surface area contributed by atoms with Crippen molar-refractivity contribution < 1.29 is 9.53 Å². The highest BCUT2D eigenvalue weighted by atomic mass is 79.9. The molecule has 0 spiro atoms. The molecule has 0 fully saturated rings. The summed E-state index contributed by atoms with van der Waals surface area (Å²) in [5.41, 5.74) is 7.75. The highest BCUT2D eigenvalue weighted by molar-refractivity contribution is 9.10. The van der Waals surface area contributed by atoms with E-state index in [0.717, 1.165) is 15.8 Å². The van der Waals surface area contributed by atoms with Gasteiger partial charge in [-0.1, -0.05) is 15.9 Å². The molecule has 1 heterocycles. The molecular formula is C15H15BrN2O2. The molecule has 0 radical (unpaired) electrons. The second kappa shape index (κ2) is 6.63. The van der Waals surface area contributed by atoms with Gasteiger partial charge in [0.15, 0.2) is 5.78 Å². The molecule has 0 aliphatic heterocycles. The molecule has 0 saturated carbocycles. The zero-order valence-corrected chi connectivity index (χ0v) is 12.7. The van der Waals surface area contributed by atoms with Gasteiger partial charge >= 0.3 is 0 Å². The molecule has 0 amide bonds. The monoisotopic (exact) mass is 334 g/mol. The van der Waals surface area contributed by atoms with Gasteiger partial charge in [-0.25, -0.2) is 0 Å². The number of halogens is 1. The number of pyridine rings is 1. The normalized spacial score (nSPS) is 10.3. The number of hydrogen-bond donors (Lipinski definition) is 1. The number of benzene rings is 1. The number of nitrogens with two attached hydrogens (primary N) is 1. The van der Waals surface area contributed by atoms with Crippen LogP contribution < -0.4 is 10.5 Å². The van der Waals surface area contributed by atoms with Crippen molar-refractivity contribution in [3.63, 3.8) is 0 Å². The van der Waals surface area contributed by atoms with Crippen molar-refractivity contribution in [1.29, 1.82) is 0 Å². The van der Waals surface area contributed by atoms with E-state index in [-0.39, 0.29) is 5.78 Å². The Morgan fingerprint density at radius 1 is 1.35 bits per heavy atom. The first-order valence-electron chi connectivity index (χ1n) is 6.14. The molecule has 1 aromatic heterocycles. The van der Waals surface area contributed by atoms with E-state index < -0.39 is 0 Å². The summed E-state index contributed by atoms with van der Waals surface area (Å²) in [6, 6.07) is 9.01. The molecule has 4 nitrogen and oxygen atoms in total. The Labute approximate surface area is 126 Å². The first-order valence-corrected chi connectivity index (χ1v) is 6.94. The van der Waals surface area contributed by atoms with Crippen molar-refractivity contribution in [3.05, 3.63) is 57.8 Å². The Morgan fingerprint density at radius 3 is 2.85 bits per heavy atom. The Bertz CT molecular complexity index is 629. The van der Waals surface area contributed by atoms with Gasteiger partial charge in [-0.3, -0.25) is 9.78 Å². The summed E-state index contributed by atoms with van der Waals surface area (Å²) >= 11 is 3.45. The van der Waals surface area contributed by atoms with Gasteiger partial charge in [-0.15, -0.1) is 0 Å². The van der Waals surface area contributed by atoms with E-state index in [1.807, 2.05) is 18.2 Å². The molecule has 2 aromatic rings. The minimum Gasteiger partial charge on any atom is -0.497 e. The van der Waals surface area contributed by atoms with Crippen LogP contribution in [0.1, 0.15) is 21.6 Å². The number of carbonyl (C=O) groups is 1. The summed E-state index contributed by atoms with van der Waals surface area (Å²) in [6.07, 6.45) is 1.90. The van der Waals surface area contributed by atoms with Crippen molar-refractivity contribution >= 4 is 21.7 Å². The van der Waals surface area contributed by atoms with Crippen LogP contribution >= 0.6 is 15.9 Å². The van der Waals surface area contributed by atoms with Crippen molar-refractivity contribution in [2.75, 3.05) is 7.11 Å². The minimum atomic E-state index is 0.0241. The van der Waals surface area contributed by atoms with Gasteiger partial charge < -0.3 is 10.5 Å². The summed E-state index contributed by atoms with van der Waals surface area (Å²) in [4.78, 5) is 16.4. The maximum atomic E-state index is 12.3. The lowest BCUT2D eigenvalue weighted by Crippen LogP contribution is -2.07. The quantitative estimate of drug-likeness (QED) is 0.854. The molecule has 2 N–H and O–H groups in total. The maximum absolute atomic E-state index is 12.3. The molecule has 20 heavy (non-hydrogen) atoms. The van der Waals surface area contributed by atoms with Crippen LogP contribution in [-0.2, 0) is 13.0 Å². The van der Waals surface area contributed by atoms with E-state index in [9.17, 15) is 4.79 Å². The first kappa shape index (κ1) is 14.7. The maximum Gasteiger partial charge on any atom is 0.167 e. The summed E-state index contributed by atoms with van der Waals surface area (Å²) in [5, 5.41) is 0. The molecule has 0 aliphatic rings. The fraction of sp³-hybridized carbons (Fsp3) is 0.200. The lowest BCUT2D eigenvalue weighted by atomic mass is 10.0. The lowest BCUT2D eigenvalue weighted by molar-refractivity contribution is 0.0992. The predicted molar refractivity (Wildman–Crippen MR) is 80.9 cm³/mol. The van der Waals surface area contributed by atoms with Gasteiger partial charge in [0.2, 0.25) is 0 Å². The van der Waals surface area contributed by atoms with Crippen LogP contribution in [0, 0.1) is 0 Å². The number of nitrogens with zero attached hydrogens (tertiary/aromatic N) is 1. The Hall–Kier alpha value is -1.72. The van der Waals surface area contributed by atoms with Crippen molar-refractivity contribution in [2.45, 2.75) is 13.0 Å². The van der Waals surface area contributed by atoms with E-state index in [2.05, 4.69) is 20.9 Å². The van der Waals surface area contributed by atoms with E-state index in [0.29, 0.717) is 24.2 Å². The van der Waals surface area contributed by atoms with Crippen LogP contribution in [0.5, 0.6) is 5.75 Å². The zero-order valence-electron chi connectivity index (χ0n) is 11.1. The molecule has 2 rings (SSSR count). The van der Waals surface area contributed by atoms with E-state index in [1.54, 1.807) is 25.4 Å². The standard InChI is InChI=1S/C15H15BrN2O2/c1-20-13-2-3-14(16)11(7-13)8-15(19)10-4-5-18-12(6-10)9-17/h2-7H,8-9,17H2,1H3. The minimum absolute atomic E-state index is 0.0241. The molecule has 0 atom stereocenters. The van der Waals surface area contributed by atoms with Gasteiger partial charge in [0.05, 0.1) is 12.8 Å². The third kappa shape index (κ3) is 3.43. The second-order valence-electron chi connectivity index (χ2n) is 4.30. The van der Waals surface area contributed by atoms with Crippen molar-refractivity contribution in [1.82, 2.24) is 4.98 Å². The molecule has 104 valence electrons. The highest BCUT2D eigenvalue weighted by Gasteiger charge is 2.11. The van der Waals surface area contributed by atoms with Crippen molar-refractivity contribution in [3.8, 4) is 5.75 Å². The summed E-state index contributed by atoms with van der Waals surface area (Å²) < 4.78 is 6.06. The van der Waals surface area contributed by atoms with Gasteiger partial charge in [0.1, 0.15) is 5.75 Å². The van der Waals surface area contributed by atoms with E-state index >= 15 is 0 Å². The Kier molecular flexibility index (Phi) is 4.87. The number of rotatable bonds is 5. The lowest BCUT2D eigenvalue weighted by Gasteiger charge is -2.07. The first-order chi connectivity index (χ1) is 9.63. The number of ether oxygens (including phenoxy) is 1. The number of hydrogen-bond acceptors (Lipinski definition) is 4. The molecular weight excluding hydrogens is 320 g/mol. The van der Waals surface area contributed by atoms with Gasteiger partial charge in [0, 0.05) is 29.2 Å². The summed E-state index contributed by atoms with van der Waals surface area (Å²) in [7, 11) is 1.60. The molecule has 0 aliphatic carbocycles. The van der Waals surface area contributed by atoms with Gasteiger partial charge in [-0.2, -0.15) is 0 Å². The van der Waals surface area contributed by atoms with Crippen LogP contribution in [0.3, 0.4) is 0 Å². The summed E-state index contributed by atoms with van der Waals surface area (Å²) in [5.74, 6) is 0.754. The fourth-order valence-electron chi connectivity index (χ4n) is 1.85. The van der Waals surface area contributed by atoms with Crippen LogP contribution in [-0.4, -0.2) is 17.9 Å². The van der Waals surface area contributed by atoms with Crippen LogP contribution in [0.2, 0.25) is 0 Å². The smallest absolute Gasteiger partial charge is 0.167 e. The van der Waals surface area contributed by atoms with Gasteiger partial charge in [-0.05, 0) is 35.9 Å². The van der Waals surface area contributed by atoms with E-state index in [1.165, 1.54) is 0 Å². The largest absolute Gasteiger partial charge is 0.497 e. The topological polar surface area (TPSA) is 65.2 Å². The third-order valence-electron chi connectivity index (χ3n) is 2.95. The second-order valence-corrected chi connectivity index (χ2v) is 5.15. The number of methoxy groups -OCH3 is 1. The van der Waals surface area contributed by atoms with Crippen molar-refractivity contribution in [2.24, 2.45) is 5.73 Å². The third-order valence-corrected chi connectivity index (χ3v) is 3.73. The summed E-state index contributed by atoms with van der Waals surface area (Å²) in [6.45, 7) is 0.323. The fourth-order valence-corrected chi connectivity index (χ4v) is 2.24. The average Bonchev–Trinajstić information content (AvgIpc) is 2.49. The Balaban J connectivity index is 2.22. The molecule has 0 bridgehead atoms. The van der Waals surface area contributed by atoms with E-state index in [4.69, 9.17) is 10.5 Å². The number of Topliss-reactive ketones (excluding diaryl/α,β-unsaturated/α-hetero) is 1. The average molecular weight is 335 g/mol. The number of aromatic nitrogens is 1. The molecule has 0 saturated heterocycles.